The van der Waals surface area contributed by atoms with Crippen LogP contribution in [0.5, 0.6) is 0 Å². The Balaban J connectivity index is 1.33. The highest BCUT2D eigenvalue weighted by Gasteiger charge is 2.33. The van der Waals surface area contributed by atoms with Crippen LogP contribution in [0.25, 0.3) is 0 Å². The second-order valence-electron chi connectivity index (χ2n) is 12.3. The fourth-order valence-electron chi connectivity index (χ4n) is 6.79. The van der Waals surface area contributed by atoms with E-state index in [4.69, 9.17) is 0 Å². The number of hydrogen-bond acceptors (Lipinski definition) is 2. The molecule has 192 valence electrons. The van der Waals surface area contributed by atoms with Crippen LogP contribution in [0.2, 0.25) is 0 Å². The quantitative estimate of drug-likeness (QED) is 0.317. The molecule has 4 rings (SSSR count). The van der Waals surface area contributed by atoms with Crippen LogP contribution in [0.1, 0.15) is 80.1 Å². The van der Waals surface area contributed by atoms with Gasteiger partial charge in [-0.2, -0.15) is 0 Å². The number of rotatable bonds is 10. The van der Waals surface area contributed by atoms with Crippen molar-refractivity contribution in [3.8, 4) is 0 Å². The van der Waals surface area contributed by atoms with E-state index in [-0.39, 0.29) is 0 Å². The molecule has 0 aliphatic heterocycles. The van der Waals surface area contributed by atoms with E-state index < -0.39 is 0 Å². The van der Waals surface area contributed by atoms with Crippen LogP contribution in [0, 0.1) is 29.6 Å². The van der Waals surface area contributed by atoms with Gasteiger partial charge in [-0.05, 0) is 63.4 Å². The van der Waals surface area contributed by atoms with E-state index in [2.05, 4.69) is 107 Å². The van der Waals surface area contributed by atoms with Crippen molar-refractivity contribution < 1.29 is 0 Å². The highest BCUT2D eigenvalue weighted by Crippen LogP contribution is 2.36. The zero-order chi connectivity index (χ0) is 24.9. The van der Waals surface area contributed by atoms with Crippen molar-refractivity contribution in [2.45, 2.75) is 104 Å². The first-order valence-electron chi connectivity index (χ1n) is 14.4. The van der Waals surface area contributed by atoms with Crippen molar-refractivity contribution >= 4 is 0 Å². The van der Waals surface area contributed by atoms with Crippen molar-refractivity contribution in [1.82, 2.24) is 10.6 Å². The summed E-state index contributed by atoms with van der Waals surface area (Å²) in [6.07, 6.45) is 28.5. The first-order chi connectivity index (χ1) is 16.8. The van der Waals surface area contributed by atoms with Gasteiger partial charge in [-0.15, -0.1) is 0 Å². The minimum atomic E-state index is 0.549. The van der Waals surface area contributed by atoms with Crippen LogP contribution in [-0.4, -0.2) is 24.2 Å². The van der Waals surface area contributed by atoms with Crippen molar-refractivity contribution in [3.05, 3.63) is 71.4 Å². The predicted molar refractivity (Wildman–Crippen MR) is 152 cm³/mol. The fourth-order valence-corrected chi connectivity index (χ4v) is 6.79. The fraction of sp³-hybridized carbons (Fsp3) is 0.636. The molecule has 2 N–H and O–H groups in total. The number of fused-ring (bicyclic) bond motifs is 2. The highest BCUT2D eigenvalue weighted by atomic mass is 15.0. The van der Waals surface area contributed by atoms with Gasteiger partial charge in [0.1, 0.15) is 0 Å². The van der Waals surface area contributed by atoms with E-state index in [1.54, 1.807) is 16.7 Å². The third-order valence-corrected chi connectivity index (χ3v) is 9.18. The molecule has 0 fully saturated rings. The second kappa shape index (κ2) is 12.1. The lowest BCUT2D eigenvalue weighted by Crippen LogP contribution is -2.48. The largest absolute Gasteiger partial charge is 0.310 e. The zero-order valence-corrected chi connectivity index (χ0v) is 23.1. The standard InChI is InChI=1S/C33H50N2/c1-22(2)30(34-32-20-18-24(5)26-12-7-9-14-28(26)32)16-11-17-31(23(3)4)35-33-21-19-25(6)27-13-8-10-15-29(27)33/h7-10,12-15,18,22-23,26,28-35H,11,16-17,19-21H2,1-6H3. The molecule has 0 aromatic carbocycles. The van der Waals surface area contributed by atoms with Crippen LogP contribution in [0.3, 0.4) is 0 Å². The van der Waals surface area contributed by atoms with Crippen molar-refractivity contribution in [2.75, 3.05) is 0 Å². The molecule has 4 aliphatic rings. The SMILES string of the molecule is CC1=CCC(NC(CCCC(NC2CCC(C)=C3C=CC=CC32)C(C)C)C(C)C)C2C=CC=CC12. The maximum atomic E-state index is 4.14. The monoisotopic (exact) mass is 474 g/mol. The molecule has 0 saturated carbocycles. The molecule has 0 aromatic heterocycles. The summed E-state index contributed by atoms with van der Waals surface area (Å²) in [4.78, 5) is 0. The van der Waals surface area contributed by atoms with E-state index in [1.807, 2.05) is 0 Å². The molecule has 0 aromatic rings. The summed E-state index contributed by atoms with van der Waals surface area (Å²) < 4.78 is 0. The predicted octanol–water partition coefficient (Wildman–Crippen LogP) is 7.68. The Kier molecular flexibility index (Phi) is 9.11. The van der Waals surface area contributed by atoms with Crippen molar-refractivity contribution in [3.63, 3.8) is 0 Å². The maximum absolute atomic E-state index is 4.14. The van der Waals surface area contributed by atoms with Gasteiger partial charge in [-0.25, -0.2) is 0 Å². The Morgan fingerprint density at radius 3 is 2.14 bits per heavy atom. The molecule has 2 heteroatoms. The first-order valence-corrected chi connectivity index (χ1v) is 14.4. The molecule has 0 spiro atoms. The smallest absolute Gasteiger partial charge is 0.0176 e. The van der Waals surface area contributed by atoms with Crippen molar-refractivity contribution in [1.29, 1.82) is 0 Å². The summed E-state index contributed by atoms with van der Waals surface area (Å²) in [6.45, 7) is 14.2. The molecule has 0 heterocycles. The van der Waals surface area contributed by atoms with Gasteiger partial charge in [0, 0.05) is 41.9 Å². The molecule has 0 radical (unpaired) electrons. The lowest BCUT2D eigenvalue weighted by molar-refractivity contribution is 0.251. The maximum Gasteiger partial charge on any atom is 0.0176 e. The topological polar surface area (TPSA) is 24.1 Å². The average molecular weight is 475 g/mol. The molecule has 35 heavy (non-hydrogen) atoms. The van der Waals surface area contributed by atoms with Gasteiger partial charge in [0.05, 0.1) is 0 Å². The Bertz CT molecular complexity index is 880. The summed E-state index contributed by atoms with van der Waals surface area (Å²) in [5.74, 6) is 3.04. The summed E-state index contributed by atoms with van der Waals surface area (Å²) in [5.41, 5.74) is 4.68. The third kappa shape index (κ3) is 6.38. The van der Waals surface area contributed by atoms with Crippen LogP contribution < -0.4 is 10.6 Å². The lowest BCUT2D eigenvalue weighted by atomic mass is 9.73. The van der Waals surface area contributed by atoms with Gasteiger partial charge in [-0.3, -0.25) is 0 Å². The molecular formula is C33H50N2. The number of nitrogens with one attached hydrogen (secondary N) is 2. The van der Waals surface area contributed by atoms with Crippen LogP contribution in [-0.2, 0) is 0 Å². The van der Waals surface area contributed by atoms with Crippen molar-refractivity contribution in [2.24, 2.45) is 29.6 Å². The van der Waals surface area contributed by atoms with E-state index >= 15 is 0 Å². The lowest BCUT2D eigenvalue weighted by Gasteiger charge is -2.40. The van der Waals surface area contributed by atoms with Gasteiger partial charge >= 0.3 is 0 Å². The van der Waals surface area contributed by atoms with E-state index in [0.29, 0.717) is 53.8 Å². The average Bonchev–Trinajstić information content (AvgIpc) is 2.85. The Morgan fingerprint density at radius 2 is 1.43 bits per heavy atom. The number of hydrogen-bond donors (Lipinski definition) is 2. The minimum Gasteiger partial charge on any atom is -0.310 e. The van der Waals surface area contributed by atoms with Gasteiger partial charge in [0.2, 0.25) is 0 Å². The third-order valence-electron chi connectivity index (χ3n) is 9.18. The molecule has 0 bridgehead atoms. The molecule has 2 nitrogen and oxygen atoms in total. The van der Waals surface area contributed by atoms with Gasteiger partial charge in [0.15, 0.2) is 0 Å². The van der Waals surface area contributed by atoms with Crippen LogP contribution in [0.4, 0.5) is 0 Å². The second-order valence-corrected chi connectivity index (χ2v) is 12.3. The van der Waals surface area contributed by atoms with E-state index in [1.165, 1.54) is 32.1 Å². The summed E-state index contributed by atoms with van der Waals surface area (Å²) in [5, 5.41) is 8.27. The molecule has 7 atom stereocenters. The summed E-state index contributed by atoms with van der Waals surface area (Å²) in [6, 6.07) is 2.29. The summed E-state index contributed by atoms with van der Waals surface area (Å²) >= 11 is 0. The Morgan fingerprint density at radius 1 is 0.800 bits per heavy atom. The Labute approximate surface area is 215 Å². The molecular weight excluding hydrogens is 424 g/mol. The molecule has 7 unspecified atom stereocenters. The molecule has 0 saturated heterocycles. The first kappa shape index (κ1) is 26.4. The number of allylic oxidation sites excluding steroid dienone is 8. The van der Waals surface area contributed by atoms with Crippen LogP contribution in [0.15, 0.2) is 71.4 Å². The van der Waals surface area contributed by atoms with Gasteiger partial charge in [0.25, 0.3) is 0 Å². The van der Waals surface area contributed by atoms with Gasteiger partial charge < -0.3 is 10.6 Å². The minimum absolute atomic E-state index is 0.549. The highest BCUT2D eigenvalue weighted by molar-refractivity contribution is 5.39. The summed E-state index contributed by atoms with van der Waals surface area (Å²) in [7, 11) is 0. The molecule has 4 aliphatic carbocycles. The Hall–Kier alpha value is -1.64. The van der Waals surface area contributed by atoms with Crippen LogP contribution >= 0.6 is 0 Å². The molecule has 0 amide bonds. The normalized spacial score (nSPS) is 31.5. The zero-order valence-electron chi connectivity index (χ0n) is 23.1. The van der Waals surface area contributed by atoms with Gasteiger partial charge in [-0.1, -0.05) is 99.9 Å². The van der Waals surface area contributed by atoms with E-state index in [9.17, 15) is 0 Å². The van der Waals surface area contributed by atoms with E-state index in [0.717, 1.165) is 6.42 Å².